The van der Waals surface area contributed by atoms with Gasteiger partial charge in [-0.25, -0.2) is 4.79 Å². The van der Waals surface area contributed by atoms with E-state index in [-0.39, 0.29) is 17.4 Å². The third-order valence-corrected chi connectivity index (χ3v) is 8.34. The maximum Gasteiger partial charge on any atom is 0.330 e. The van der Waals surface area contributed by atoms with Gasteiger partial charge in [0.15, 0.2) is 6.04 Å². The minimum atomic E-state index is -1.11. The van der Waals surface area contributed by atoms with Gasteiger partial charge >= 0.3 is 5.97 Å². The molecule has 0 aliphatic heterocycles. The molecule has 0 saturated carbocycles. The topological polar surface area (TPSA) is 105 Å². The summed E-state index contributed by atoms with van der Waals surface area (Å²) >= 11 is 1.41. The molecule has 2 rings (SSSR count). The van der Waals surface area contributed by atoms with Crippen molar-refractivity contribution in [2.75, 3.05) is 20.3 Å². The molecule has 36 heavy (non-hydrogen) atoms. The van der Waals surface area contributed by atoms with Crippen LogP contribution in [0.1, 0.15) is 78.7 Å². The summed E-state index contributed by atoms with van der Waals surface area (Å²) in [5.41, 5.74) is 2.36. The number of benzene rings is 1. The van der Waals surface area contributed by atoms with Crippen molar-refractivity contribution in [2.45, 2.75) is 78.9 Å². The largest absolute Gasteiger partial charge is 0.491 e. The van der Waals surface area contributed by atoms with Gasteiger partial charge in [0.1, 0.15) is 12.4 Å². The van der Waals surface area contributed by atoms with E-state index < -0.39 is 30.6 Å². The third-order valence-electron chi connectivity index (χ3n) is 6.90. The van der Waals surface area contributed by atoms with Crippen molar-refractivity contribution in [2.24, 2.45) is 5.41 Å². The SMILES string of the molecule is CCC(CC)(c1ccc(OCC(O)C(C)(C)C)c(C)c1)c1cc(C)c(C(=O)NC(CO)C(=O)OC)s1. The van der Waals surface area contributed by atoms with E-state index in [1.54, 1.807) is 0 Å². The number of rotatable bonds is 11. The Morgan fingerprint density at radius 3 is 2.22 bits per heavy atom. The summed E-state index contributed by atoms with van der Waals surface area (Å²) in [5, 5.41) is 22.4. The Labute approximate surface area is 218 Å². The van der Waals surface area contributed by atoms with Crippen LogP contribution >= 0.6 is 11.3 Å². The van der Waals surface area contributed by atoms with Crippen molar-refractivity contribution in [3.8, 4) is 5.75 Å². The number of thiophene rings is 1. The van der Waals surface area contributed by atoms with Crippen LogP contribution in [0.4, 0.5) is 0 Å². The van der Waals surface area contributed by atoms with Crippen LogP contribution in [-0.4, -0.2) is 54.6 Å². The number of nitrogens with one attached hydrogen (secondary N) is 1. The number of amides is 1. The fourth-order valence-corrected chi connectivity index (χ4v) is 5.59. The van der Waals surface area contributed by atoms with Crippen molar-refractivity contribution in [1.29, 1.82) is 0 Å². The first-order chi connectivity index (χ1) is 16.8. The van der Waals surface area contributed by atoms with Gasteiger partial charge in [-0.1, -0.05) is 46.8 Å². The van der Waals surface area contributed by atoms with Gasteiger partial charge in [0.25, 0.3) is 5.91 Å². The van der Waals surface area contributed by atoms with Crippen LogP contribution in [-0.2, 0) is 14.9 Å². The Kier molecular flexibility index (Phi) is 10.1. The first-order valence-electron chi connectivity index (χ1n) is 12.4. The van der Waals surface area contributed by atoms with Crippen LogP contribution in [0.25, 0.3) is 0 Å². The maximum atomic E-state index is 12.9. The van der Waals surface area contributed by atoms with Gasteiger partial charge in [0.2, 0.25) is 0 Å². The zero-order chi connectivity index (χ0) is 27.3. The molecule has 0 spiro atoms. The molecule has 0 saturated heterocycles. The molecular weight excluding hydrogens is 478 g/mol. The van der Waals surface area contributed by atoms with E-state index in [0.29, 0.717) is 4.88 Å². The van der Waals surface area contributed by atoms with E-state index in [9.17, 15) is 19.8 Å². The summed E-state index contributed by atoms with van der Waals surface area (Å²) in [4.78, 5) is 26.3. The van der Waals surface area contributed by atoms with Crippen molar-refractivity contribution in [3.63, 3.8) is 0 Å². The Morgan fingerprint density at radius 1 is 1.08 bits per heavy atom. The predicted molar refractivity (Wildman–Crippen MR) is 143 cm³/mol. The standard InChI is InChI=1S/C28H41NO6S/c1-9-28(10-2,19-11-12-21(17(3)13-19)35-16-22(31)27(5,6)7)23-14-18(4)24(36-23)25(32)29-20(15-30)26(33)34-8/h11-14,20,22,30-31H,9-10,15-16H2,1-8H3,(H,29,32). The lowest BCUT2D eigenvalue weighted by atomic mass is 9.74. The average molecular weight is 520 g/mol. The summed E-state index contributed by atoms with van der Waals surface area (Å²) in [6.07, 6.45) is 1.08. The van der Waals surface area contributed by atoms with Crippen LogP contribution in [0.2, 0.25) is 0 Å². The van der Waals surface area contributed by atoms with Crippen molar-refractivity contribution < 1.29 is 29.3 Å². The van der Waals surface area contributed by atoms with E-state index in [1.165, 1.54) is 18.4 Å². The number of aryl methyl sites for hydroxylation is 2. The molecule has 2 unspecified atom stereocenters. The van der Waals surface area contributed by atoms with Gasteiger partial charge in [-0.3, -0.25) is 4.79 Å². The van der Waals surface area contributed by atoms with Gasteiger partial charge in [0, 0.05) is 10.3 Å². The van der Waals surface area contributed by atoms with Gasteiger partial charge in [-0.05, 0) is 60.9 Å². The summed E-state index contributed by atoms with van der Waals surface area (Å²) in [5.74, 6) is -0.361. The molecule has 1 heterocycles. The van der Waals surface area contributed by atoms with Gasteiger partial charge in [0.05, 0.1) is 24.7 Å². The second kappa shape index (κ2) is 12.2. The zero-order valence-electron chi connectivity index (χ0n) is 22.7. The second-order valence-electron chi connectivity index (χ2n) is 10.3. The smallest absolute Gasteiger partial charge is 0.330 e. The van der Waals surface area contributed by atoms with Crippen LogP contribution < -0.4 is 10.1 Å². The van der Waals surface area contributed by atoms with Crippen LogP contribution in [0, 0.1) is 19.3 Å². The number of aliphatic hydroxyl groups excluding tert-OH is 2. The molecule has 1 aromatic heterocycles. The first-order valence-corrected chi connectivity index (χ1v) is 13.2. The predicted octanol–water partition coefficient (Wildman–Crippen LogP) is 4.52. The van der Waals surface area contributed by atoms with E-state index in [0.717, 1.165) is 40.2 Å². The Balaban J connectivity index is 2.37. The lowest BCUT2D eigenvalue weighted by molar-refractivity contribution is -0.143. The van der Waals surface area contributed by atoms with Gasteiger partial charge < -0.3 is 25.0 Å². The summed E-state index contributed by atoms with van der Waals surface area (Å²) < 4.78 is 10.6. The van der Waals surface area contributed by atoms with Crippen LogP contribution in [0.15, 0.2) is 24.3 Å². The molecule has 0 bridgehead atoms. The number of hydrogen-bond donors (Lipinski definition) is 3. The average Bonchev–Trinajstić information content (AvgIpc) is 3.23. The molecule has 0 radical (unpaired) electrons. The van der Waals surface area contributed by atoms with Crippen molar-refractivity contribution in [3.05, 3.63) is 50.7 Å². The Hall–Kier alpha value is -2.42. The maximum absolute atomic E-state index is 12.9. The number of carbonyl (C=O) groups excluding carboxylic acids is 2. The van der Waals surface area contributed by atoms with Crippen LogP contribution in [0.3, 0.4) is 0 Å². The minimum Gasteiger partial charge on any atom is -0.491 e. The summed E-state index contributed by atoms with van der Waals surface area (Å²) in [6.45, 7) is 13.8. The molecular formula is C28H41NO6S. The minimum absolute atomic E-state index is 0.222. The monoisotopic (exact) mass is 519 g/mol. The highest BCUT2D eigenvalue weighted by atomic mass is 32.1. The normalized spacial score (nSPS) is 13.7. The molecule has 2 aromatic rings. The third kappa shape index (κ3) is 6.47. The van der Waals surface area contributed by atoms with Gasteiger partial charge in [-0.15, -0.1) is 11.3 Å². The number of ether oxygens (including phenoxy) is 2. The van der Waals surface area contributed by atoms with E-state index >= 15 is 0 Å². The summed E-state index contributed by atoms with van der Waals surface area (Å²) in [7, 11) is 1.22. The number of aliphatic hydroxyl groups is 2. The van der Waals surface area contributed by atoms with Crippen LogP contribution in [0.5, 0.6) is 5.75 Å². The van der Waals surface area contributed by atoms with E-state index in [4.69, 9.17) is 4.74 Å². The van der Waals surface area contributed by atoms with Crippen molar-refractivity contribution >= 4 is 23.2 Å². The fraction of sp³-hybridized carbons (Fsp3) is 0.571. The lowest BCUT2D eigenvalue weighted by Crippen LogP contribution is -2.43. The Bertz CT molecular complexity index is 1050. The molecule has 200 valence electrons. The highest BCUT2D eigenvalue weighted by Crippen LogP contribution is 2.44. The Morgan fingerprint density at radius 2 is 1.72 bits per heavy atom. The fourth-order valence-electron chi connectivity index (χ4n) is 4.17. The quantitative estimate of drug-likeness (QED) is 0.377. The zero-order valence-corrected chi connectivity index (χ0v) is 23.5. The number of hydrogen-bond acceptors (Lipinski definition) is 7. The molecule has 1 aromatic carbocycles. The summed E-state index contributed by atoms with van der Waals surface area (Å²) in [6, 6.07) is 7.07. The first kappa shape index (κ1) is 29.8. The molecule has 7 nitrogen and oxygen atoms in total. The molecule has 3 N–H and O–H groups in total. The molecule has 1 amide bonds. The molecule has 0 aliphatic rings. The molecule has 2 atom stereocenters. The van der Waals surface area contributed by atoms with E-state index in [1.807, 2.05) is 46.8 Å². The number of esters is 1. The highest BCUT2D eigenvalue weighted by Gasteiger charge is 2.35. The highest BCUT2D eigenvalue weighted by molar-refractivity contribution is 7.14. The molecule has 8 heteroatoms. The number of carbonyl (C=O) groups is 2. The van der Waals surface area contributed by atoms with Crippen molar-refractivity contribution in [1.82, 2.24) is 5.32 Å². The molecule has 0 fully saturated rings. The lowest BCUT2D eigenvalue weighted by Gasteiger charge is -2.32. The molecule has 0 aliphatic carbocycles. The number of methoxy groups -OCH3 is 1. The second-order valence-corrected chi connectivity index (χ2v) is 11.4. The van der Waals surface area contributed by atoms with Gasteiger partial charge in [-0.2, -0.15) is 0 Å². The van der Waals surface area contributed by atoms with E-state index in [2.05, 4.69) is 36.0 Å².